The van der Waals surface area contributed by atoms with Crippen LogP contribution in [0, 0.1) is 5.41 Å². The molecule has 40 heavy (non-hydrogen) atoms. The summed E-state index contributed by atoms with van der Waals surface area (Å²) in [7, 11) is 0. The molecule has 1 rings (SSSR count). The molecule has 0 aromatic heterocycles. The Kier molecular flexibility index (Phi) is 19.0. The van der Waals surface area contributed by atoms with Gasteiger partial charge < -0.3 is 26.1 Å². The summed E-state index contributed by atoms with van der Waals surface area (Å²) in [5.74, 6) is -2.44. The van der Waals surface area contributed by atoms with Crippen LogP contribution in [0.3, 0.4) is 0 Å². The number of carbonyl (C=O) groups is 3. The second kappa shape index (κ2) is 21.4. The van der Waals surface area contributed by atoms with E-state index in [9.17, 15) is 19.5 Å². The fourth-order valence-electron chi connectivity index (χ4n) is 5.37. The molecule has 1 aromatic rings. The third-order valence-corrected chi connectivity index (χ3v) is 8.10. The quantitative estimate of drug-likeness (QED) is 0.0942. The Hall–Kier alpha value is -2.41. The van der Waals surface area contributed by atoms with Crippen molar-refractivity contribution in [3.63, 3.8) is 0 Å². The summed E-state index contributed by atoms with van der Waals surface area (Å²) in [6, 6.07) is 7.29. The number of unbranched alkanes of at least 4 members (excludes halogenated alkanes) is 15. The fraction of sp³-hybridized carbons (Fsp3) is 0.727. The smallest absolute Gasteiger partial charge is 0.303 e. The maximum atomic E-state index is 13.6. The molecule has 0 spiro atoms. The fourth-order valence-corrected chi connectivity index (χ4v) is 5.37. The van der Waals surface area contributed by atoms with Gasteiger partial charge in [-0.05, 0) is 43.9 Å². The van der Waals surface area contributed by atoms with Gasteiger partial charge in [-0.1, -0.05) is 122 Å². The summed E-state index contributed by atoms with van der Waals surface area (Å²) in [4.78, 5) is 36.7. The van der Waals surface area contributed by atoms with Gasteiger partial charge in [-0.3, -0.25) is 9.59 Å². The first-order chi connectivity index (χ1) is 19.2. The summed E-state index contributed by atoms with van der Waals surface area (Å²) in [6.07, 6.45) is 18.2. The Morgan fingerprint density at radius 1 is 0.775 bits per heavy atom. The van der Waals surface area contributed by atoms with Crippen LogP contribution in [-0.4, -0.2) is 23.0 Å². The van der Waals surface area contributed by atoms with Crippen molar-refractivity contribution in [2.24, 2.45) is 5.41 Å². The molecule has 0 aliphatic rings. The zero-order valence-electron chi connectivity index (χ0n) is 25.3. The predicted molar refractivity (Wildman–Crippen MR) is 159 cm³/mol. The summed E-state index contributed by atoms with van der Waals surface area (Å²) >= 11 is 0. The van der Waals surface area contributed by atoms with E-state index in [0.29, 0.717) is 25.7 Å². The molecule has 0 aliphatic carbocycles. The SMILES string of the molecule is CCCCCCCCCCC[C@](CCCCCCCCCCC(=O)O)(C(=O)[O-])C(=O)N[C@@H](C)c1ccc([NH3+])cc1. The van der Waals surface area contributed by atoms with Crippen LogP contribution in [0.5, 0.6) is 0 Å². The van der Waals surface area contributed by atoms with E-state index in [4.69, 9.17) is 5.11 Å². The largest absolute Gasteiger partial charge is 0.549 e. The van der Waals surface area contributed by atoms with Gasteiger partial charge >= 0.3 is 5.97 Å². The molecule has 1 amide bonds. The normalized spacial score (nSPS) is 13.5. The first-order valence-electron chi connectivity index (χ1n) is 15.9. The van der Waals surface area contributed by atoms with Crippen molar-refractivity contribution in [2.45, 2.75) is 148 Å². The van der Waals surface area contributed by atoms with Crippen molar-refractivity contribution in [1.29, 1.82) is 0 Å². The molecule has 7 heteroatoms. The first kappa shape index (κ1) is 35.6. The summed E-state index contributed by atoms with van der Waals surface area (Å²) in [5.41, 5.74) is 4.19. The molecule has 0 aliphatic heterocycles. The van der Waals surface area contributed by atoms with E-state index < -0.39 is 23.3 Å². The number of nitrogens with one attached hydrogen (secondary N) is 1. The number of quaternary nitrogens is 1. The number of aliphatic carboxylic acids is 2. The standard InChI is InChI=1S/C33H56N2O5/c1-3-4-5-6-7-9-12-15-18-25-33(32(39)40,26-19-16-13-10-8-11-14-17-20-30(36)37)31(38)35-27(2)28-21-23-29(34)24-22-28/h21-24,27H,3-20,25-26,34H2,1-2H3,(H,35,38)(H,36,37)(H,39,40)/t27-,33+/m0/s1. The molecule has 0 saturated heterocycles. The highest BCUT2D eigenvalue weighted by Gasteiger charge is 2.39. The van der Waals surface area contributed by atoms with Crippen LogP contribution in [-0.2, 0) is 14.4 Å². The number of carboxylic acid groups (broad SMARTS) is 2. The lowest BCUT2D eigenvalue weighted by molar-refractivity contribution is -0.317. The van der Waals surface area contributed by atoms with Crippen LogP contribution in [0.15, 0.2) is 24.3 Å². The van der Waals surface area contributed by atoms with Gasteiger partial charge in [-0.2, -0.15) is 0 Å². The van der Waals surface area contributed by atoms with E-state index in [1.807, 2.05) is 31.2 Å². The number of carboxylic acids is 2. The van der Waals surface area contributed by atoms with E-state index in [2.05, 4.69) is 18.0 Å². The van der Waals surface area contributed by atoms with Crippen molar-refractivity contribution in [2.75, 3.05) is 0 Å². The number of rotatable bonds is 25. The van der Waals surface area contributed by atoms with Gasteiger partial charge in [0.1, 0.15) is 5.69 Å². The lowest BCUT2D eigenvalue weighted by atomic mass is 9.76. The average Bonchev–Trinajstić information content (AvgIpc) is 2.91. The van der Waals surface area contributed by atoms with Crippen molar-refractivity contribution in [1.82, 2.24) is 5.32 Å². The average molecular weight is 561 g/mol. The van der Waals surface area contributed by atoms with Crippen molar-refractivity contribution in [3.8, 4) is 0 Å². The number of hydrogen-bond acceptors (Lipinski definition) is 4. The van der Waals surface area contributed by atoms with Crippen LogP contribution in [0.1, 0.15) is 154 Å². The lowest BCUT2D eigenvalue weighted by Crippen LogP contribution is -2.53. The van der Waals surface area contributed by atoms with Gasteiger partial charge in [0.2, 0.25) is 5.91 Å². The van der Waals surface area contributed by atoms with E-state index in [-0.39, 0.29) is 12.5 Å². The highest BCUT2D eigenvalue weighted by Crippen LogP contribution is 2.33. The van der Waals surface area contributed by atoms with Gasteiger partial charge in [-0.15, -0.1) is 0 Å². The van der Waals surface area contributed by atoms with Crippen LogP contribution >= 0.6 is 0 Å². The molecule has 0 radical (unpaired) electrons. The Balaban J connectivity index is 2.65. The molecular weight excluding hydrogens is 504 g/mol. The molecular formula is C33H56N2O5. The topological polar surface area (TPSA) is 134 Å². The molecule has 0 fully saturated rings. The maximum Gasteiger partial charge on any atom is 0.303 e. The molecule has 228 valence electrons. The second-order valence-electron chi connectivity index (χ2n) is 11.6. The van der Waals surface area contributed by atoms with Crippen molar-refractivity contribution >= 4 is 23.5 Å². The van der Waals surface area contributed by atoms with Gasteiger partial charge in [0.25, 0.3) is 0 Å². The molecule has 0 bridgehead atoms. The molecule has 7 nitrogen and oxygen atoms in total. The highest BCUT2D eigenvalue weighted by atomic mass is 16.4. The van der Waals surface area contributed by atoms with Crippen LogP contribution < -0.4 is 16.2 Å². The minimum absolute atomic E-state index is 0.228. The third kappa shape index (κ3) is 14.8. The number of hydrogen-bond donors (Lipinski definition) is 3. The monoisotopic (exact) mass is 560 g/mol. The molecule has 2 atom stereocenters. The Morgan fingerprint density at radius 3 is 1.62 bits per heavy atom. The highest BCUT2D eigenvalue weighted by molar-refractivity contribution is 6.01. The third-order valence-electron chi connectivity index (χ3n) is 8.10. The first-order valence-corrected chi connectivity index (χ1v) is 15.9. The van der Waals surface area contributed by atoms with Crippen LogP contribution in [0.2, 0.25) is 0 Å². The lowest BCUT2D eigenvalue weighted by Gasteiger charge is -2.35. The molecule has 0 heterocycles. The van der Waals surface area contributed by atoms with Gasteiger partial charge in [0.15, 0.2) is 0 Å². The van der Waals surface area contributed by atoms with Gasteiger partial charge in [0.05, 0.1) is 17.4 Å². The van der Waals surface area contributed by atoms with Crippen molar-refractivity contribution in [3.05, 3.63) is 29.8 Å². The minimum atomic E-state index is -1.52. The summed E-state index contributed by atoms with van der Waals surface area (Å²) in [6.45, 7) is 4.09. The van der Waals surface area contributed by atoms with Crippen LogP contribution in [0.4, 0.5) is 5.69 Å². The van der Waals surface area contributed by atoms with Gasteiger partial charge in [0, 0.05) is 6.42 Å². The molecule has 0 unspecified atom stereocenters. The molecule has 1 aromatic carbocycles. The zero-order chi connectivity index (χ0) is 29.6. The van der Waals surface area contributed by atoms with E-state index in [1.54, 1.807) is 0 Å². The van der Waals surface area contributed by atoms with Crippen molar-refractivity contribution < 1.29 is 30.3 Å². The molecule has 5 N–H and O–H groups in total. The predicted octanol–water partition coefficient (Wildman–Crippen LogP) is 6.38. The van der Waals surface area contributed by atoms with Crippen LogP contribution in [0.25, 0.3) is 0 Å². The minimum Gasteiger partial charge on any atom is -0.549 e. The number of benzene rings is 1. The Morgan fingerprint density at radius 2 is 1.20 bits per heavy atom. The van der Waals surface area contributed by atoms with E-state index in [1.165, 1.54) is 32.1 Å². The van der Waals surface area contributed by atoms with E-state index >= 15 is 0 Å². The number of amides is 1. The molecule has 0 saturated carbocycles. The second-order valence-corrected chi connectivity index (χ2v) is 11.6. The van der Waals surface area contributed by atoms with E-state index in [0.717, 1.165) is 75.5 Å². The summed E-state index contributed by atoms with van der Waals surface area (Å²) in [5, 5.41) is 24.3. The maximum absolute atomic E-state index is 13.6. The Labute approximate surface area is 242 Å². The summed E-state index contributed by atoms with van der Waals surface area (Å²) < 4.78 is 0. The Bertz CT molecular complexity index is 842. The number of carbonyl (C=O) groups excluding carboxylic acids is 2. The van der Waals surface area contributed by atoms with Gasteiger partial charge in [-0.25, -0.2) is 0 Å². The zero-order valence-corrected chi connectivity index (χ0v) is 25.3.